The molecule has 17 heavy (non-hydrogen) atoms. The van der Waals surface area contributed by atoms with Crippen molar-refractivity contribution in [3.05, 3.63) is 42.4 Å². The molecular weight excluding hydrogens is 216 g/mol. The van der Waals surface area contributed by atoms with Gasteiger partial charge in [0.1, 0.15) is 12.0 Å². The van der Waals surface area contributed by atoms with Gasteiger partial charge in [-0.15, -0.1) is 4.52 Å². The summed E-state index contributed by atoms with van der Waals surface area (Å²) in [5, 5.41) is 3.12. The molecule has 1 unspecified atom stereocenters. The Bertz CT molecular complexity index is 631. The number of fused-ring (bicyclic) bond motifs is 1. The van der Waals surface area contributed by atoms with Gasteiger partial charge in [-0.2, -0.15) is 0 Å². The number of hydrogen-bond acceptors (Lipinski definition) is 2. The van der Waals surface area contributed by atoms with Gasteiger partial charge in [0, 0.05) is 31.9 Å². The van der Waals surface area contributed by atoms with Crippen molar-refractivity contribution in [2.45, 2.75) is 12.5 Å². The first-order valence-electron chi connectivity index (χ1n) is 5.53. The molecule has 0 aliphatic rings. The molecule has 3 aromatic heterocycles. The molecule has 0 spiro atoms. The number of nitrogens with zero attached hydrogens (tertiary/aromatic N) is 3. The number of nitrogens with one attached hydrogen (secondary N) is 2. The van der Waals surface area contributed by atoms with Crippen molar-refractivity contribution < 1.29 is 4.52 Å². The molecule has 1 atom stereocenters. The standard InChI is InChI=1S/C11H14N6/c1-16-4-2-13-10(16)6-9(12)8-7-15-17-5-3-14-11(8)17/h2-5,7,9H,6,12H2,1H3,(H,14,15)/p+1. The van der Waals surface area contributed by atoms with E-state index in [-0.39, 0.29) is 6.04 Å². The monoisotopic (exact) mass is 231 g/mol. The van der Waals surface area contributed by atoms with Crippen LogP contribution >= 0.6 is 0 Å². The van der Waals surface area contributed by atoms with Crippen LogP contribution in [0.3, 0.4) is 0 Å². The van der Waals surface area contributed by atoms with Crippen LogP contribution in [0.15, 0.2) is 31.0 Å². The lowest BCUT2D eigenvalue weighted by atomic mass is 10.1. The van der Waals surface area contributed by atoms with Crippen LogP contribution in [-0.4, -0.2) is 19.6 Å². The Labute approximate surface area is 98.1 Å². The maximum absolute atomic E-state index is 6.22. The van der Waals surface area contributed by atoms with Crippen LogP contribution < -0.4 is 10.2 Å². The minimum atomic E-state index is -0.0731. The van der Waals surface area contributed by atoms with Crippen LogP contribution in [0.1, 0.15) is 17.4 Å². The molecule has 0 saturated heterocycles. The number of nitrogens with two attached hydrogens (primary N) is 1. The fourth-order valence-corrected chi connectivity index (χ4v) is 2.05. The van der Waals surface area contributed by atoms with Crippen molar-refractivity contribution in [1.29, 1.82) is 0 Å². The highest BCUT2D eigenvalue weighted by Gasteiger charge is 2.19. The second-order valence-electron chi connectivity index (χ2n) is 4.17. The third kappa shape index (κ3) is 1.62. The molecule has 0 saturated carbocycles. The fraction of sp³-hybridized carbons (Fsp3) is 0.273. The van der Waals surface area contributed by atoms with E-state index in [1.54, 1.807) is 6.20 Å². The minimum Gasteiger partial charge on any atom is -0.338 e. The molecule has 3 rings (SSSR count). The van der Waals surface area contributed by atoms with Gasteiger partial charge in [0.05, 0.1) is 11.8 Å². The van der Waals surface area contributed by atoms with E-state index in [2.05, 4.69) is 15.1 Å². The normalized spacial score (nSPS) is 13.3. The SMILES string of the molecule is Cn1ccnc1CC(N)c1c[nH][n+]2cc[nH]c12. The van der Waals surface area contributed by atoms with Gasteiger partial charge >= 0.3 is 5.65 Å². The second kappa shape index (κ2) is 3.74. The van der Waals surface area contributed by atoms with E-state index in [9.17, 15) is 0 Å². The predicted octanol–water partition coefficient (Wildman–Crippen LogP) is 0.0575. The van der Waals surface area contributed by atoms with Gasteiger partial charge in [0.25, 0.3) is 0 Å². The van der Waals surface area contributed by atoms with Gasteiger partial charge in [-0.1, -0.05) is 0 Å². The molecule has 0 fully saturated rings. The van der Waals surface area contributed by atoms with E-state index in [0.29, 0.717) is 0 Å². The van der Waals surface area contributed by atoms with Crippen LogP contribution in [0.2, 0.25) is 0 Å². The van der Waals surface area contributed by atoms with Crippen molar-refractivity contribution >= 4 is 5.65 Å². The smallest absolute Gasteiger partial charge is 0.309 e. The quantitative estimate of drug-likeness (QED) is 0.557. The first kappa shape index (κ1) is 10.1. The summed E-state index contributed by atoms with van der Waals surface area (Å²) in [6.45, 7) is 0. The van der Waals surface area contributed by atoms with E-state index in [4.69, 9.17) is 5.73 Å². The molecule has 4 N–H and O–H groups in total. The number of aromatic amines is 2. The molecule has 6 nitrogen and oxygen atoms in total. The van der Waals surface area contributed by atoms with Crippen LogP contribution in [0, 0.1) is 0 Å². The summed E-state index contributed by atoms with van der Waals surface area (Å²) in [6, 6.07) is -0.0731. The highest BCUT2D eigenvalue weighted by atomic mass is 15.3. The molecule has 0 aromatic carbocycles. The van der Waals surface area contributed by atoms with Gasteiger partial charge in [0.15, 0.2) is 6.20 Å². The lowest BCUT2D eigenvalue weighted by molar-refractivity contribution is -0.575. The number of imidazole rings is 2. The Morgan fingerprint density at radius 3 is 3.24 bits per heavy atom. The van der Waals surface area contributed by atoms with Crippen molar-refractivity contribution in [1.82, 2.24) is 19.6 Å². The summed E-state index contributed by atoms with van der Waals surface area (Å²) >= 11 is 0. The van der Waals surface area contributed by atoms with Crippen molar-refractivity contribution in [3.8, 4) is 0 Å². The Hall–Kier alpha value is -2.08. The molecule has 0 radical (unpaired) electrons. The number of rotatable bonds is 3. The van der Waals surface area contributed by atoms with Crippen molar-refractivity contribution in [2.75, 3.05) is 0 Å². The lowest BCUT2D eigenvalue weighted by Crippen LogP contribution is -2.20. The zero-order chi connectivity index (χ0) is 11.8. The number of aromatic nitrogens is 5. The molecule has 0 aliphatic heterocycles. The highest BCUT2D eigenvalue weighted by Crippen LogP contribution is 2.16. The molecule has 0 amide bonds. The summed E-state index contributed by atoms with van der Waals surface area (Å²) in [5.41, 5.74) is 8.29. The maximum Gasteiger partial charge on any atom is 0.309 e. The van der Waals surface area contributed by atoms with Crippen LogP contribution in [0.4, 0.5) is 0 Å². The van der Waals surface area contributed by atoms with Crippen molar-refractivity contribution in [2.24, 2.45) is 12.8 Å². The largest absolute Gasteiger partial charge is 0.338 e. The Kier molecular flexibility index (Phi) is 2.22. The average Bonchev–Trinajstić information content (AvgIpc) is 2.94. The van der Waals surface area contributed by atoms with E-state index in [1.807, 2.05) is 40.9 Å². The summed E-state index contributed by atoms with van der Waals surface area (Å²) in [7, 11) is 1.98. The molecule has 0 aliphatic carbocycles. The molecule has 3 aromatic rings. The van der Waals surface area contributed by atoms with Gasteiger partial charge in [0.2, 0.25) is 0 Å². The number of aryl methyl sites for hydroxylation is 1. The summed E-state index contributed by atoms with van der Waals surface area (Å²) in [4.78, 5) is 7.46. The van der Waals surface area contributed by atoms with Crippen molar-refractivity contribution in [3.63, 3.8) is 0 Å². The lowest BCUT2D eigenvalue weighted by Gasteiger charge is -2.07. The first-order valence-corrected chi connectivity index (χ1v) is 5.53. The van der Waals surface area contributed by atoms with Gasteiger partial charge in [-0.3, -0.25) is 0 Å². The van der Waals surface area contributed by atoms with E-state index >= 15 is 0 Å². The third-order valence-corrected chi connectivity index (χ3v) is 3.04. The Balaban J connectivity index is 1.90. The summed E-state index contributed by atoms with van der Waals surface area (Å²) < 4.78 is 3.90. The summed E-state index contributed by atoms with van der Waals surface area (Å²) in [6.07, 6.45) is 10.2. The van der Waals surface area contributed by atoms with Gasteiger partial charge in [-0.25, -0.2) is 15.1 Å². The molecule has 0 bridgehead atoms. The zero-order valence-electron chi connectivity index (χ0n) is 9.59. The first-order chi connectivity index (χ1) is 8.25. The Morgan fingerprint density at radius 1 is 1.59 bits per heavy atom. The fourth-order valence-electron chi connectivity index (χ4n) is 2.05. The molecule has 6 heteroatoms. The number of H-pyrrole nitrogens is 2. The molecule has 3 heterocycles. The number of hydrogen-bond donors (Lipinski definition) is 3. The van der Waals surface area contributed by atoms with E-state index in [0.717, 1.165) is 23.5 Å². The second-order valence-corrected chi connectivity index (χ2v) is 4.17. The molecular formula is C11H15N6+. The highest BCUT2D eigenvalue weighted by molar-refractivity contribution is 5.41. The van der Waals surface area contributed by atoms with Crippen LogP contribution in [-0.2, 0) is 13.5 Å². The maximum atomic E-state index is 6.22. The third-order valence-electron chi connectivity index (χ3n) is 3.04. The molecule has 88 valence electrons. The zero-order valence-corrected chi connectivity index (χ0v) is 9.59. The topological polar surface area (TPSA) is 79.5 Å². The summed E-state index contributed by atoms with van der Waals surface area (Å²) in [5.74, 6) is 0.989. The van der Waals surface area contributed by atoms with E-state index < -0.39 is 0 Å². The van der Waals surface area contributed by atoms with Crippen LogP contribution in [0.25, 0.3) is 5.65 Å². The Morgan fingerprint density at radius 2 is 2.47 bits per heavy atom. The average molecular weight is 231 g/mol. The predicted molar refractivity (Wildman–Crippen MR) is 62.1 cm³/mol. The van der Waals surface area contributed by atoms with Gasteiger partial charge < -0.3 is 10.3 Å². The van der Waals surface area contributed by atoms with Crippen LogP contribution in [0.5, 0.6) is 0 Å². The minimum absolute atomic E-state index is 0.0731. The van der Waals surface area contributed by atoms with Gasteiger partial charge in [-0.05, 0) is 0 Å². The van der Waals surface area contributed by atoms with E-state index in [1.165, 1.54) is 0 Å².